The molecule has 1 unspecified atom stereocenters. The number of nitrogens with zero attached hydrogens (tertiary/aromatic N) is 1. The topological polar surface area (TPSA) is 48.4 Å². The minimum Gasteiger partial charge on any atom is -0.308 e. The smallest absolute Gasteiger partial charge is 0.308 e. The molecule has 0 N–H and O–H groups in total. The summed E-state index contributed by atoms with van der Waals surface area (Å²) < 4.78 is 23.9. The first kappa shape index (κ1) is 14.8. The van der Waals surface area contributed by atoms with E-state index in [1.165, 1.54) is 0 Å². The number of aromatic nitrogens is 1. The standard InChI is InChI=1S/C11H17BrNO3P/c1-4-15-17(14,16-5-2)9(3)10-6-7-11(12)13-8-10/h6-9H,4-5H2,1-3H3. The van der Waals surface area contributed by atoms with E-state index in [9.17, 15) is 4.57 Å². The quantitative estimate of drug-likeness (QED) is 0.582. The van der Waals surface area contributed by atoms with Crippen molar-refractivity contribution in [2.75, 3.05) is 13.2 Å². The van der Waals surface area contributed by atoms with Gasteiger partial charge in [0.25, 0.3) is 0 Å². The van der Waals surface area contributed by atoms with Crippen LogP contribution < -0.4 is 0 Å². The largest absolute Gasteiger partial charge is 0.337 e. The first-order valence-corrected chi connectivity index (χ1v) is 7.94. The van der Waals surface area contributed by atoms with Gasteiger partial charge >= 0.3 is 7.60 Å². The molecule has 0 saturated heterocycles. The molecule has 0 aliphatic rings. The van der Waals surface area contributed by atoms with E-state index < -0.39 is 7.60 Å². The molecule has 0 bridgehead atoms. The molecule has 0 aromatic carbocycles. The summed E-state index contributed by atoms with van der Waals surface area (Å²) in [6, 6.07) is 3.68. The van der Waals surface area contributed by atoms with Crippen molar-refractivity contribution in [3.05, 3.63) is 28.5 Å². The minimum atomic E-state index is -3.10. The monoisotopic (exact) mass is 321 g/mol. The van der Waals surface area contributed by atoms with Gasteiger partial charge in [-0.15, -0.1) is 0 Å². The molecule has 0 spiro atoms. The summed E-state index contributed by atoms with van der Waals surface area (Å²) >= 11 is 3.26. The van der Waals surface area contributed by atoms with Gasteiger partial charge in [-0.3, -0.25) is 4.57 Å². The van der Waals surface area contributed by atoms with Gasteiger partial charge in [0.2, 0.25) is 0 Å². The first-order valence-electron chi connectivity index (χ1n) is 5.53. The lowest BCUT2D eigenvalue weighted by Gasteiger charge is -2.23. The summed E-state index contributed by atoms with van der Waals surface area (Å²) in [5.41, 5.74) is 0.529. The van der Waals surface area contributed by atoms with Crippen molar-refractivity contribution in [1.82, 2.24) is 4.98 Å². The third-order valence-electron chi connectivity index (χ3n) is 2.33. The molecule has 1 rings (SSSR count). The molecule has 17 heavy (non-hydrogen) atoms. The van der Waals surface area contributed by atoms with Gasteiger partial charge in [-0.1, -0.05) is 6.07 Å². The Morgan fingerprint density at radius 1 is 1.35 bits per heavy atom. The maximum atomic E-state index is 12.5. The summed E-state index contributed by atoms with van der Waals surface area (Å²) in [5, 5.41) is 0. The van der Waals surface area contributed by atoms with Gasteiger partial charge in [0.1, 0.15) is 4.60 Å². The van der Waals surface area contributed by atoms with Crippen LogP contribution in [-0.2, 0) is 13.6 Å². The predicted molar refractivity (Wildman–Crippen MR) is 71.2 cm³/mol. The van der Waals surface area contributed by atoms with Gasteiger partial charge < -0.3 is 9.05 Å². The highest BCUT2D eigenvalue weighted by Crippen LogP contribution is 2.60. The van der Waals surface area contributed by atoms with Gasteiger partial charge in [-0.25, -0.2) is 4.98 Å². The Kier molecular flexibility index (Phi) is 5.80. The van der Waals surface area contributed by atoms with Crippen LogP contribution in [0.4, 0.5) is 0 Å². The van der Waals surface area contributed by atoms with Gasteiger partial charge in [-0.2, -0.15) is 0 Å². The number of pyridine rings is 1. The molecule has 0 amide bonds. The molecule has 96 valence electrons. The third kappa shape index (κ3) is 3.88. The molecular formula is C11H17BrNO3P. The van der Waals surface area contributed by atoms with Crippen LogP contribution in [0.15, 0.2) is 22.9 Å². The van der Waals surface area contributed by atoms with Gasteiger partial charge in [0, 0.05) is 6.20 Å². The average Bonchev–Trinajstić information content (AvgIpc) is 2.30. The van der Waals surface area contributed by atoms with E-state index in [0.717, 1.165) is 10.2 Å². The molecule has 6 heteroatoms. The number of rotatable bonds is 6. The van der Waals surface area contributed by atoms with Crippen molar-refractivity contribution in [2.45, 2.75) is 26.4 Å². The van der Waals surface area contributed by atoms with Crippen LogP contribution in [0.3, 0.4) is 0 Å². The third-order valence-corrected chi connectivity index (χ3v) is 5.28. The lowest BCUT2D eigenvalue weighted by Crippen LogP contribution is -2.04. The van der Waals surface area contributed by atoms with Crippen molar-refractivity contribution in [3.8, 4) is 0 Å². The van der Waals surface area contributed by atoms with E-state index >= 15 is 0 Å². The van der Waals surface area contributed by atoms with E-state index in [0.29, 0.717) is 13.2 Å². The highest BCUT2D eigenvalue weighted by atomic mass is 79.9. The fourth-order valence-corrected chi connectivity index (χ4v) is 3.43. The second-order valence-corrected chi connectivity index (χ2v) is 6.65. The highest BCUT2D eigenvalue weighted by molar-refractivity contribution is 9.10. The van der Waals surface area contributed by atoms with Crippen LogP contribution in [0.2, 0.25) is 0 Å². The summed E-state index contributed by atoms with van der Waals surface area (Å²) in [4.78, 5) is 4.12. The normalized spacial score (nSPS) is 13.6. The Morgan fingerprint density at radius 2 is 1.94 bits per heavy atom. The molecule has 0 aliphatic carbocycles. The number of hydrogen-bond donors (Lipinski definition) is 0. The summed E-state index contributed by atoms with van der Waals surface area (Å²) in [6.07, 6.45) is 1.68. The van der Waals surface area contributed by atoms with Crippen molar-refractivity contribution < 1.29 is 13.6 Å². The molecule has 1 aromatic rings. The summed E-state index contributed by atoms with van der Waals surface area (Å²) in [6.45, 7) is 6.17. The molecule has 0 saturated carbocycles. The SMILES string of the molecule is CCOP(=O)(OCC)C(C)c1ccc(Br)nc1. The van der Waals surface area contributed by atoms with Crippen molar-refractivity contribution >= 4 is 23.5 Å². The van der Waals surface area contributed by atoms with Crippen LogP contribution >= 0.6 is 23.5 Å². The Bertz CT molecular complexity index is 386. The van der Waals surface area contributed by atoms with Crippen LogP contribution in [0.25, 0.3) is 0 Å². The fourth-order valence-electron chi connectivity index (χ4n) is 1.44. The summed E-state index contributed by atoms with van der Waals surface area (Å²) in [7, 11) is -3.10. The average molecular weight is 322 g/mol. The zero-order chi connectivity index (χ0) is 12.9. The van der Waals surface area contributed by atoms with E-state index in [1.54, 1.807) is 20.0 Å². The fraction of sp³-hybridized carbons (Fsp3) is 0.545. The Labute approximate surface area is 110 Å². The zero-order valence-corrected chi connectivity index (χ0v) is 12.7. The highest BCUT2D eigenvalue weighted by Gasteiger charge is 2.33. The summed E-state index contributed by atoms with van der Waals surface area (Å²) in [5.74, 6) is 0. The Balaban J connectivity index is 2.95. The number of hydrogen-bond acceptors (Lipinski definition) is 4. The zero-order valence-electron chi connectivity index (χ0n) is 10.2. The Hall–Kier alpha value is -0.220. The molecule has 0 radical (unpaired) electrons. The first-order chi connectivity index (χ1) is 8.03. The van der Waals surface area contributed by atoms with Crippen LogP contribution in [-0.4, -0.2) is 18.2 Å². The molecule has 0 fully saturated rings. The van der Waals surface area contributed by atoms with Gasteiger partial charge in [0.05, 0.1) is 18.9 Å². The predicted octanol–water partition coefficient (Wildman–Crippen LogP) is 4.17. The van der Waals surface area contributed by atoms with E-state index in [4.69, 9.17) is 9.05 Å². The van der Waals surface area contributed by atoms with E-state index in [1.807, 2.05) is 19.1 Å². The molecule has 0 aliphatic heterocycles. The van der Waals surface area contributed by atoms with Crippen molar-refractivity contribution in [1.29, 1.82) is 0 Å². The molecular weight excluding hydrogens is 305 g/mol. The molecule has 1 aromatic heterocycles. The lowest BCUT2D eigenvalue weighted by atomic mass is 10.2. The maximum absolute atomic E-state index is 12.5. The lowest BCUT2D eigenvalue weighted by molar-refractivity contribution is 0.213. The van der Waals surface area contributed by atoms with Gasteiger partial charge in [0.15, 0.2) is 0 Å². The maximum Gasteiger partial charge on any atom is 0.337 e. The van der Waals surface area contributed by atoms with Crippen LogP contribution in [0.5, 0.6) is 0 Å². The second kappa shape index (κ2) is 6.64. The van der Waals surface area contributed by atoms with Crippen molar-refractivity contribution in [3.63, 3.8) is 0 Å². The van der Waals surface area contributed by atoms with E-state index in [2.05, 4.69) is 20.9 Å². The van der Waals surface area contributed by atoms with Crippen molar-refractivity contribution in [2.24, 2.45) is 0 Å². The van der Waals surface area contributed by atoms with Gasteiger partial charge in [-0.05, 0) is 48.3 Å². The van der Waals surface area contributed by atoms with Crippen LogP contribution in [0, 0.1) is 0 Å². The second-order valence-electron chi connectivity index (χ2n) is 3.47. The molecule has 1 heterocycles. The van der Waals surface area contributed by atoms with E-state index in [-0.39, 0.29) is 5.66 Å². The number of halogens is 1. The van der Waals surface area contributed by atoms with Crippen LogP contribution in [0.1, 0.15) is 32.0 Å². The molecule has 4 nitrogen and oxygen atoms in total. The minimum absolute atomic E-state index is 0.317. The Morgan fingerprint density at radius 3 is 2.35 bits per heavy atom. The molecule has 1 atom stereocenters.